The van der Waals surface area contributed by atoms with Crippen molar-refractivity contribution in [2.75, 3.05) is 6.54 Å². The molecule has 0 amide bonds. The highest BCUT2D eigenvalue weighted by molar-refractivity contribution is 5.79. The summed E-state index contributed by atoms with van der Waals surface area (Å²) < 4.78 is 0. The number of carboxylic acids is 1. The van der Waals surface area contributed by atoms with Crippen molar-refractivity contribution in [3.63, 3.8) is 0 Å². The monoisotopic (exact) mass is 169 g/mol. The molecular formula is C9H15NO2. The first-order valence-corrected chi connectivity index (χ1v) is 4.42. The van der Waals surface area contributed by atoms with E-state index in [2.05, 4.69) is 5.32 Å². The highest BCUT2D eigenvalue weighted by Crippen LogP contribution is 2.23. The van der Waals surface area contributed by atoms with Crippen molar-refractivity contribution >= 4 is 5.97 Å². The van der Waals surface area contributed by atoms with Gasteiger partial charge in [-0.2, -0.15) is 0 Å². The smallest absolute Gasteiger partial charge is 0.329 e. The van der Waals surface area contributed by atoms with Gasteiger partial charge in [-0.1, -0.05) is 12.8 Å². The van der Waals surface area contributed by atoms with E-state index in [1.807, 2.05) is 0 Å². The quantitative estimate of drug-likeness (QED) is 0.625. The summed E-state index contributed by atoms with van der Waals surface area (Å²) in [7, 11) is 0. The van der Waals surface area contributed by atoms with Gasteiger partial charge in [-0.25, -0.2) is 4.79 Å². The molecule has 0 aliphatic heterocycles. The van der Waals surface area contributed by atoms with E-state index in [-0.39, 0.29) is 0 Å². The third-order valence-corrected chi connectivity index (χ3v) is 2.23. The molecule has 0 saturated heterocycles. The first-order chi connectivity index (χ1) is 5.79. The van der Waals surface area contributed by atoms with Crippen molar-refractivity contribution in [2.24, 2.45) is 5.92 Å². The lowest BCUT2D eigenvalue weighted by Gasteiger charge is -2.06. The lowest BCUT2D eigenvalue weighted by atomic mass is 10.1. The lowest BCUT2D eigenvalue weighted by Crippen LogP contribution is -2.15. The van der Waals surface area contributed by atoms with Gasteiger partial charge >= 0.3 is 5.97 Å². The largest absolute Gasteiger partial charge is 0.478 e. The molecule has 3 heteroatoms. The Hall–Kier alpha value is -0.990. The van der Waals surface area contributed by atoms with Gasteiger partial charge < -0.3 is 10.4 Å². The summed E-state index contributed by atoms with van der Waals surface area (Å²) in [5.74, 6) is -0.141. The standard InChI is InChI=1S/C9H15NO2/c11-9(12)5-6-10-7-8-3-1-2-4-8/h5-6,8,10H,1-4,7H2,(H,11,12)/b6-5+. The van der Waals surface area contributed by atoms with Crippen molar-refractivity contribution in [2.45, 2.75) is 25.7 Å². The minimum absolute atomic E-state index is 0.753. The zero-order valence-electron chi connectivity index (χ0n) is 7.12. The molecule has 1 fully saturated rings. The van der Waals surface area contributed by atoms with Crippen molar-refractivity contribution in [1.82, 2.24) is 5.32 Å². The number of rotatable bonds is 4. The number of carboxylic acid groups (broad SMARTS) is 1. The van der Waals surface area contributed by atoms with Gasteiger partial charge in [0, 0.05) is 18.8 Å². The van der Waals surface area contributed by atoms with Crippen molar-refractivity contribution in [1.29, 1.82) is 0 Å². The molecule has 2 N–H and O–H groups in total. The number of aliphatic carboxylic acids is 1. The van der Waals surface area contributed by atoms with Crippen molar-refractivity contribution < 1.29 is 9.90 Å². The summed E-state index contributed by atoms with van der Waals surface area (Å²) in [6.45, 7) is 0.920. The highest BCUT2D eigenvalue weighted by Gasteiger charge is 2.13. The van der Waals surface area contributed by atoms with E-state index in [0.29, 0.717) is 0 Å². The first-order valence-electron chi connectivity index (χ1n) is 4.42. The molecule has 0 spiro atoms. The molecule has 1 rings (SSSR count). The van der Waals surface area contributed by atoms with Crippen LogP contribution in [-0.4, -0.2) is 17.6 Å². The minimum Gasteiger partial charge on any atom is -0.478 e. The van der Waals surface area contributed by atoms with E-state index in [1.165, 1.54) is 31.9 Å². The molecule has 0 aromatic carbocycles. The van der Waals surface area contributed by atoms with E-state index >= 15 is 0 Å². The molecule has 12 heavy (non-hydrogen) atoms. The zero-order chi connectivity index (χ0) is 8.81. The summed E-state index contributed by atoms with van der Waals surface area (Å²) in [5, 5.41) is 11.3. The Morgan fingerprint density at radius 3 is 2.75 bits per heavy atom. The maximum atomic E-state index is 10.1. The summed E-state index contributed by atoms with van der Waals surface area (Å²) in [6, 6.07) is 0. The fourth-order valence-electron chi connectivity index (χ4n) is 1.58. The van der Waals surface area contributed by atoms with Gasteiger partial charge in [-0.05, 0) is 18.8 Å². The van der Waals surface area contributed by atoms with Crippen LogP contribution in [0.3, 0.4) is 0 Å². The summed E-state index contributed by atoms with van der Waals surface area (Å²) in [6.07, 6.45) is 7.88. The summed E-state index contributed by atoms with van der Waals surface area (Å²) in [5.41, 5.74) is 0. The van der Waals surface area contributed by atoms with Gasteiger partial charge in [-0.3, -0.25) is 0 Å². The number of hydrogen-bond donors (Lipinski definition) is 2. The van der Waals surface area contributed by atoms with Gasteiger partial charge in [0.2, 0.25) is 0 Å². The van der Waals surface area contributed by atoms with E-state index < -0.39 is 5.97 Å². The van der Waals surface area contributed by atoms with Gasteiger partial charge in [-0.15, -0.1) is 0 Å². The van der Waals surface area contributed by atoms with Crippen LogP contribution in [0.4, 0.5) is 0 Å². The molecule has 1 aliphatic rings. The van der Waals surface area contributed by atoms with Gasteiger partial charge in [0.15, 0.2) is 0 Å². The van der Waals surface area contributed by atoms with Crippen LogP contribution in [0.1, 0.15) is 25.7 Å². The van der Waals surface area contributed by atoms with Crippen LogP contribution in [0.2, 0.25) is 0 Å². The van der Waals surface area contributed by atoms with Crippen LogP contribution in [0.15, 0.2) is 12.3 Å². The highest BCUT2D eigenvalue weighted by atomic mass is 16.4. The molecule has 0 atom stereocenters. The minimum atomic E-state index is -0.895. The molecule has 0 heterocycles. The van der Waals surface area contributed by atoms with Gasteiger partial charge in [0.25, 0.3) is 0 Å². The third kappa shape index (κ3) is 3.42. The van der Waals surface area contributed by atoms with Crippen LogP contribution < -0.4 is 5.32 Å². The number of carbonyl (C=O) groups is 1. The predicted octanol–water partition coefficient (Wildman–Crippen LogP) is 1.36. The molecule has 1 saturated carbocycles. The predicted molar refractivity (Wildman–Crippen MR) is 46.7 cm³/mol. The molecule has 0 bridgehead atoms. The van der Waals surface area contributed by atoms with Crippen LogP contribution in [0.5, 0.6) is 0 Å². The maximum absolute atomic E-state index is 10.1. The second kappa shape index (κ2) is 4.80. The molecule has 68 valence electrons. The van der Waals surface area contributed by atoms with E-state index in [0.717, 1.165) is 18.5 Å². The Bertz CT molecular complexity index is 171. The Morgan fingerprint density at radius 2 is 2.17 bits per heavy atom. The summed E-state index contributed by atoms with van der Waals surface area (Å²) in [4.78, 5) is 10.1. The molecule has 0 radical (unpaired) electrons. The molecule has 0 aromatic rings. The number of nitrogens with one attached hydrogen (secondary N) is 1. The van der Waals surface area contributed by atoms with Crippen LogP contribution in [-0.2, 0) is 4.79 Å². The lowest BCUT2D eigenvalue weighted by molar-refractivity contribution is -0.131. The molecular weight excluding hydrogens is 154 g/mol. The maximum Gasteiger partial charge on any atom is 0.329 e. The first kappa shape index (κ1) is 9.10. The normalized spacial score (nSPS) is 18.7. The fourth-order valence-corrected chi connectivity index (χ4v) is 1.58. The topological polar surface area (TPSA) is 49.3 Å². The van der Waals surface area contributed by atoms with Crippen LogP contribution in [0.25, 0.3) is 0 Å². The summed E-state index contributed by atoms with van der Waals surface area (Å²) >= 11 is 0. The second-order valence-corrected chi connectivity index (χ2v) is 3.23. The molecule has 3 nitrogen and oxygen atoms in total. The Kier molecular flexibility index (Phi) is 3.64. The van der Waals surface area contributed by atoms with E-state index in [4.69, 9.17) is 5.11 Å². The molecule has 0 unspecified atom stereocenters. The van der Waals surface area contributed by atoms with E-state index in [9.17, 15) is 4.79 Å². The second-order valence-electron chi connectivity index (χ2n) is 3.23. The van der Waals surface area contributed by atoms with Crippen LogP contribution >= 0.6 is 0 Å². The van der Waals surface area contributed by atoms with Crippen molar-refractivity contribution in [3.05, 3.63) is 12.3 Å². The SMILES string of the molecule is O=C(O)/C=C/NCC1CCCC1. The molecule has 1 aliphatic carbocycles. The Morgan fingerprint density at radius 1 is 1.50 bits per heavy atom. The van der Waals surface area contributed by atoms with Crippen molar-refractivity contribution in [3.8, 4) is 0 Å². The zero-order valence-corrected chi connectivity index (χ0v) is 7.12. The fraction of sp³-hybridized carbons (Fsp3) is 0.667. The Balaban J connectivity index is 2.05. The van der Waals surface area contributed by atoms with E-state index in [1.54, 1.807) is 0 Å². The van der Waals surface area contributed by atoms with Gasteiger partial charge in [0.1, 0.15) is 0 Å². The third-order valence-electron chi connectivity index (χ3n) is 2.23. The van der Waals surface area contributed by atoms with Gasteiger partial charge in [0.05, 0.1) is 0 Å². The molecule has 0 aromatic heterocycles. The Labute approximate surface area is 72.5 Å². The average molecular weight is 169 g/mol. The number of hydrogen-bond acceptors (Lipinski definition) is 2. The average Bonchev–Trinajstić information content (AvgIpc) is 2.49. The van der Waals surface area contributed by atoms with Crippen LogP contribution in [0, 0.1) is 5.92 Å².